The number of ether oxygens (including phenoxy) is 1. The lowest BCUT2D eigenvalue weighted by atomic mass is 10.1. The minimum absolute atomic E-state index is 0.0123. The number of likely N-dealkylation sites (tertiary alicyclic amines) is 1. The van der Waals surface area contributed by atoms with E-state index in [1.54, 1.807) is 6.07 Å². The van der Waals surface area contributed by atoms with Crippen LogP contribution in [0.15, 0.2) is 54.9 Å². The fraction of sp³-hybridized carbons (Fsp3) is 0.300. The summed E-state index contributed by atoms with van der Waals surface area (Å²) in [6, 6.07) is 13.2. The van der Waals surface area contributed by atoms with Crippen LogP contribution in [0.1, 0.15) is 28.9 Å². The molecule has 1 aliphatic rings. The second-order valence-corrected chi connectivity index (χ2v) is 6.67. The molecule has 1 aliphatic heterocycles. The zero-order valence-corrected chi connectivity index (χ0v) is 14.5. The van der Waals surface area contributed by atoms with Crippen LogP contribution in [0.4, 0.5) is 0 Å². The van der Waals surface area contributed by atoms with Crippen molar-refractivity contribution in [2.24, 2.45) is 5.73 Å². The topological polar surface area (TPSA) is 72.9 Å². The van der Waals surface area contributed by atoms with Gasteiger partial charge in [0, 0.05) is 37.1 Å². The molecular weight excluding hydrogens is 328 g/mol. The zero-order chi connectivity index (χ0) is 17.9. The molecule has 0 aliphatic carbocycles. The van der Waals surface area contributed by atoms with Gasteiger partial charge in [0.25, 0.3) is 5.91 Å². The normalized spacial score (nSPS) is 17.4. The van der Waals surface area contributed by atoms with Gasteiger partial charge in [-0.1, -0.05) is 12.1 Å². The first-order chi connectivity index (χ1) is 12.7. The minimum atomic E-state index is 0.0123. The van der Waals surface area contributed by atoms with Gasteiger partial charge in [-0.05, 0) is 43.2 Å². The molecular formula is C20H22N4O2. The lowest BCUT2D eigenvalue weighted by Gasteiger charge is -2.30. The predicted molar refractivity (Wildman–Crippen MR) is 99.1 cm³/mol. The third kappa shape index (κ3) is 3.55. The number of piperidine rings is 1. The second-order valence-electron chi connectivity index (χ2n) is 6.67. The number of aromatic nitrogens is 2. The number of imidazole rings is 1. The lowest BCUT2D eigenvalue weighted by Crippen LogP contribution is -2.45. The van der Waals surface area contributed by atoms with Gasteiger partial charge in [-0.3, -0.25) is 4.79 Å². The Hall–Kier alpha value is -2.86. The highest BCUT2D eigenvalue weighted by molar-refractivity contribution is 5.94. The first kappa shape index (κ1) is 16.6. The molecule has 2 N–H and O–H groups in total. The van der Waals surface area contributed by atoms with E-state index in [-0.39, 0.29) is 11.9 Å². The maximum atomic E-state index is 12.7. The number of fused-ring (bicyclic) bond motifs is 1. The highest BCUT2D eigenvalue weighted by Crippen LogP contribution is 2.18. The quantitative estimate of drug-likeness (QED) is 0.784. The Morgan fingerprint density at radius 3 is 3.04 bits per heavy atom. The standard InChI is InChI=1S/C20H22N4O2/c21-16-6-4-10-24(12-16)20(25)15-5-3-7-18(11-15)26-14-17-13-23-9-2-1-8-19(23)22-17/h1-3,5,7-9,11,13,16H,4,6,10,12,14,21H2/t16-/m0/s1. The molecule has 134 valence electrons. The van der Waals surface area contributed by atoms with E-state index in [2.05, 4.69) is 4.98 Å². The maximum absolute atomic E-state index is 12.7. The number of pyridine rings is 1. The Balaban J connectivity index is 1.44. The summed E-state index contributed by atoms with van der Waals surface area (Å²) in [7, 11) is 0. The van der Waals surface area contributed by atoms with E-state index < -0.39 is 0 Å². The van der Waals surface area contributed by atoms with Gasteiger partial charge in [0.15, 0.2) is 0 Å². The summed E-state index contributed by atoms with van der Waals surface area (Å²) in [5.41, 5.74) is 8.35. The third-order valence-electron chi connectivity index (χ3n) is 4.63. The highest BCUT2D eigenvalue weighted by Gasteiger charge is 2.22. The van der Waals surface area contributed by atoms with Gasteiger partial charge in [0.05, 0.1) is 5.69 Å². The molecule has 0 radical (unpaired) electrons. The molecule has 4 rings (SSSR count). The molecule has 6 heteroatoms. The largest absolute Gasteiger partial charge is 0.487 e. The van der Waals surface area contributed by atoms with Gasteiger partial charge < -0.3 is 19.8 Å². The van der Waals surface area contributed by atoms with E-state index in [4.69, 9.17) is 10.5 Å². The molecule has 3 aromatic rings. The van der Waals surface area contributed by atoms with E-state index in [9.17, 15) is 4.79 Å². The monoisotopic (exact) mass is 350 g/mol. The lowest BCUT2D eigenvalue weighted by molar-refractivity contribution is 0.0708. The van der Waals surface area contributed by atoms with Crippen molar-refractivity contribution in [3.05, 3.63) is 66.1 Å². The third-order valence-corrected chi connectivity index (χ3v) is 4.63. The first-order valence-corrected chi connectivity index (χ1v) is 8.89. The van der Waals surface area contributed by atoms with Crippen molar-refractivity contribution in [2.45, 2.75) is 25.5 Å². The predicted octanol–water partition coefficient (Wildman–Crippen LogP) is 2.48. The summed E-state index contributed by atoms with van der Waals surface area (Å²) in [5.74, 6) is 0.674. The van der Waals surface area contributed by atoms with E-state index in [0.29, 0.717) is 24.5 Å². The Morgan fingerprint density at radius 1 is 1.27 bits per heavy atom. The number of nitrogens with zero attached hydrogens (tertiary/aromatic N) is 3. The number of carbonyl (C=O) groups is 1. The fourth-order valence-electron chi connectivity index (χ4n) is 3.31. The minimum Gasteiger partial charge on any atom is -0.487 e. The van der Waals surface area contributed by atoms with Crippen molar-refractivity contribution in [3.63, 3.8) is 0 Å². The Morgan fingerprint density at radius 2 is 2.19 bits per heavy atom. The average molecular weight is 350 g/mol. The number of amides is 1. The number of hydrogen-bond donors (Lipinski definition) is 1. The molecule has 2 aromatic heterocycles. The van der Waals surface area contributed by atoms with Gasteiger partial charge in [-0.2, -0.15) is 0 Å². The van der Waals surface area contributed by atoms with Crippen molar-refractivity contribution in [1.82, 2.24) is 14.3 Å². The first-order valence-electron chi connectivity index (χ1n) is 8.89. The van der Waals surface area contributed by atoms with Crippen LogP contribution in [-0.2, 0) is 6.61 Å². The number of carbonyl (C=O) groups excluding carboxylic acids is 1. The zero-order valence-electron chi connectivity index (χ0n) is 14.5. The molecule has 1 aromatic carbocycles. The molecule has 0 bridgehead atoms. The van der Waals surface area contributed by atoms with Crippen LogP contribution in [0.2, 0.25) is 0 Å². The summed E-state index contributed by atoms with van der Waals surface area (Å²) in [5, 5.41) is 0. The smallest absolute Gasteiger partial charge is 0.254 e. The molecule has 6 nitrogen and oxygen atoms in total. The maximum Gasteiger partial charge on any atom is 0.254 e. The van der Waals surface area contributed by atoms with E-state index in [1.807, 2.05) is 58.1 Å². The van der Waals surface area contributed by atoms with Gasteiger partial charge in [0.1, 0.15) is 18.0 Å². The van der Waals surface area contributed by atoms with Crippen molar-refractivity contribution in [2.75, 3.05) is 13.1 Å². The van der Waals surface area contributed by atoms with Crippen LogP contribution >= 0.6 is 0 Å². The van der Waals surface area contributed by atoms with E-state index in [0.717, 1.165) is 30.7 Å². The van der Waals surface area contributed by atoms with Gasteiger partial charge >= 0.3 is 0 Å². The Kier molecular flexibility index (Phi) is 4.58. The summed E-state index contributed by atoms with van der Waals surface area (Å²) in [6.45, 7) is 1.73. The molecule has 0 saturated carbocycles. The van der Waals surface area contributed by atoms with E-state index >= 15 is 0 Å². The van der Waals surface area contributed by atoms with Crippen LogP contribution in [0.3, 0.4) is 0 Å². The van der Waals surface area contributed by atoms with Gasteiger partial charge in [-0.25, -0.2) is 4.98 Å². The van der Waals surface area contributed by atoms with Crippen LogP contribution in [0, 0.1) is 0 Å². The van der Waals surface area contributed by atoms with Crippen molar-refractivity contribution in [3.8, 4) is 5.75 Å². The number of hydrogen-bond acceptors (Lipinski definition) is 4. The summed E-state index contributed by atoms with van der Waals surface area (Å²) < 4.78 is 7.81. The molecule has 1 atom stereocenters. The van der Waals surface area contributed by atoms with Gasteiger partial charge in [-0.15, -0.1) is 0 Å². The molecule has 3 heterocycles. The van der Waals surface area contributed by atoms with Crippen LogP contribution in [0.25, 0.3) is 5.65 Å². The number of rotatable bonds is 4. The summed E-state index contributed by atoms with van der Waals surface area (Å²) >= 11 is 0. The highest BCUT2D eigenvalue weighted by atomic mass is 16.5. The second kappa shape index (κ2) is 7.17. The average Bonchev–Trinajstić information content (AvgIpc) is 3.09. The number of nitrogens with two attached hydrogens (primary N) is 1. The number of benzene rings is 1. The Labute approximate surface area is 152 Å². The van der Waals surface area contributed by atoms with E-state index in [1.165, 1.54) is 0 Å². The van der Waals surface area contributed by atoms with Crippen LogP contribution in [-0.4, -0.2) is 39.3 Å². The van der Waals surface area contributed by atoms with Crippen molar-refractivity contribution < 1.29 is 9.53 Å². The fourth-order valence-corrected chi connectivity index (χ4v) is 3.31. The Bertz CT molecular complexity index is 888. The SMILES string of the molecule is N[C@H]1CCCN(C(=O)c2cccc(OCc3cn4ccccc4n3)c2)C1. The summed E-state index contributed by atoms with van der Waals surface area (Å²) in [4.78, 5) is 19.0. The molecule has 1 fully saturated rings. The molecule has 1 saturated heterocycles. The van der Waals surface area contributed by atoms with Crippen LogP contribution < -0.4 is 10.5 Å². The van der Waals surface area contributed by atoms with Crippen molar-refractivity contribution in [1.29, 1.82) is 0 Å². The molecule has 0 unspecified atom stereocenters. The van der Waals surface area contributed by atoms with Gasteiger partial charge in [0.2, 0.25) is 0 Å². The molecule has 0 spiro atoms. The van der Waals surface area contributed by atoms with Crippen molar-refractivity contribution >= 4 is 11.6 Å². The molecule has 1 amide bonds. The van der Waals surface area contributed by atoms with Crippen LogP contribution in [0.5, 0.6) is 5.75 Å². The molecule has 26 heavy (non-hydrogen) atoms. The summed E-state index contributed by atoms with van der Waals surface area (Å²) in [6.07, 6.45) is 5.83.